The Morgan fingerprint density at radius 1 is 1.57 bits per heavy atom. The van der Waals surface area contributed by atoms with Crippen LogP contribution in [0.2, 0.25) is 5.02 Å². The summed E-state index contributed by atoms with van der Waals surface area (Å²) < 4.78 is 40.5. The molecule has 0 aliphatic heterocycles. The fraction of sp³-hybridized carbons (Fsp3) is 0.500. The molecule has 1 atom stereocenters. The van der Waals surface area contributed by atoms with Crippen LogP contribution in [0.15, 0.2) is 15.4 Å². The Kier molecular flexibility index (Phi) is 6.80. The van der Waals surface area contributed by atoms with E-state index in [2.05, 4.69) is 15.9 Å². The molecular formula is C12H17BrClFN2O2S2. The second kappa shape index (κ2) is 7.50. The normalized spacial score (nSPS) is 13.7. The van der Waals surface area contributed by atoms with Crippen LogP contribution in [-0.4, -0.2) is 37.8 Å². The highest BCUT2D eigenvalue weighted by molar-refractivity contribution is 9.10. The van der Waals surface area contributed by atoms with Gasteiger partial charge >= 0.3 is 0 Å². The molecule has 9 heteroatoms. The number of thioether (sulfide) groups is 1. The van der Waals surface area contributed by atoms with Crippen molar-refractivity contribution in [2.24, 2.45) is 0 Å². The van der Waals surface area contributed by atoms with Gasteiger partial charge in [0.2, 0.25) is 10.0 Å². The number of hydrogen-bond acceptors (Lipinski definition) is 4. The van der Waals surface area contributed by atoms with Gasteiger partial charge in [0.25, 0.3) is 0 Å². The van der Waals surface area contributed by atoms with Crippen molar-refractivity contribution in [1.29, 1.82) is 0 Å². The zero-order valence-corrected chi connectivity index (χ0v) is 15.8. The highest BCUT2D eigenvalue weighted by Gasteiger charge is 2.30. The van der Waals surface area contributed by atoms with Crippen molar-refractivity contribution in [3.05, 3.63) is 21.4 Å². The molecule has 1 unspecified atom stereocenters. The van der Waals surface area contributed by atoms with Gasteiger partial charge in [0.05, 0.1) is 15.2 Å². The molecule has 0 saturated carbocycles. The number of nitrogen functional groups attached to an aromatic ring is 1. The number of sulfonamides is 1. The minimum Gasteiger partial charge on any atom is -0.395 e. The highest BCUT2D eigenvalue weighted by atomic mass is 79.9. The van der Waals surface area contributed by atoms with Crippen molar-refractivity contribution in [1.82, 2.24) is 4.31 Å². The van der Waals surface area contributed by atoms with Crippen LogP contribution in [0.3, 0.4) is 0 Å². The number of rotatable bonds is 6. The summed E-state index contributed by atoms with van der Waals surface area (Å²) in [5.41, 5.74) is 5.23. The van der Waals surface area contributed by atoms with Crippen LogP contribution in [0, 0.1) is 5.82 Å². The maximum Gasteiger partial charge on any atom is 0.246 e. The first-order chi connectivity index (χ1) is 9.64. The minimum atomic E-state index is -4.00. The first-order valence-corrected chi connectivity index (χ1v) is 10.0. The molecule has 21 heavy (non-hydrogen) atoms. The second-order valence-electron chi connectivity index (χ2n) is 4.55. The standard InChI is InChI=1S/C12H17BrClFN2O2S2/c1-7(4-5-20-3)17(2)21(18,19)9-6-8(14)10(13)12(16)11(9)15/h6-7H,4-5,16H2,1-3H3. The predicted octanol–water partition coefficient (Wildman–Crippen LogP) is 3.59. The summed E-state index contributed by atoms with van der Waals surface area (Å²) in [6.07, 6.45) is 2.61. The van der Waals surface area contributed by atoms with Crippen molar-refractivity contribution < 1.29 is 12.8 Å². The fourth-order valence-corrected chi connectivity index (χ4v) is 4.28. The van der Waals surface area contributed by atoms with Gasteiger partial charge in [0.15, 0.2) is 5.82 Å². The summed E-state index contributed by atoms with van der Waals surface area (Å²) in [6, 6.07) is 0.815. The summed E-state index contributed by atoms with van der Waals surface area (Å²) in [7, 11) is -2.57. The summed E-state index contributed by atoms with van der Waals surface area (Å²) in [5, 5.41) is 0.0534. The van der Waals surface area contributed by atoms with E-state index in [4.69, 9.17) is 17.3 Å². The Bertz CT molecular complexity index is 628. The molecule has 2 N–H and O–H groups in total. The van der Waals surface area contributed by atoms with Gasteiger partial charge in [-0.1, -0.05) is 11.6 Å². The smallest absolute Gasteiger partial charge is 0.246 e. The lowest BCUT2D eigenvalue weighted by molar-refractivity contribution is 0.380. The molecule has 0 saturated heterocycles. The van der Waals surface area contributed by atoms with Gasteiger partial charge < -0.3 is 5.73 Å². The average molecular weight is 420 g/mol. The van der Waals surface area contributed by atoms with Crippen molar-refractivity contribution in [2.75, 3.05) is 24.8 Å². The Morgan fingerprint density at radius 3 is 2.67 bits per heavy atom. The van der Waals surface area contributed by atoms with Crippen LogP contribution >= 0.6 is 39.3 Å². The van der Waals surface area contributed by atoms with Crippen LogP contribution in [0.4, 0.5) is 10.1 Å². The SMILES string of the molecule is CSCCC(C)N(C)S(=O)(=O)c1cc(Cl)c(Br)c(N)c1F. The van der Waals surface area contributed by atoms with Crippen molar-refractivity contribution in [3.8, 4) is 0 Å². The number of nitrogens with zero attached hydrogens (tertiary/aromatic N) is 1. The molecule has 0 bridgehead atoms. The topological polar surface area (TPSA) is 63.4 Å². The van der Waals surface area contributed by atoms with Gasteiger partial charge in [-0.3, -0.25) is 0 Å². The molecule has 1 aromatic rings. The zero-order chi connectivity index (χ0) is 16.4. The summed E-state index contributed by atoms with van der Waals surface area (Å²) in [6.45, 7) is 1.77. The number of halogens is 3. The quantitative estimate of drug-likeness (QED) is 0.565. The summed E-state index contributed by atoms with van der Waals surface area (Å²) >= 11 is 10.5. The van der Waals surface area contributed by atoms with Crippen molar-refractivity contribution in [3.63, 3.8) is 0 Å². The monoisotopic (exact) mass is 418 g/mol. The van der Waals surface area contributed by atoms with Crippen LogP contribution < -0.4 is 5.73 Å². The van der Waals surface area contributed by atoms with Gasteiger partial charge in [-0.15, -0.1) is 0 Å². The lowest BCUT2D eigenvalue weighted by atomic mass is 10.3. The lowest BCUT2D eigenvalue weighted by Crippen LogP contribution is -2.36. The van der Waals surface area contributed by atoms with Gasteiger partial charge in [0.1, 0.15) is 4.90 Å². The second-order valence-corrected chi connectivity index (χ2v) is 8.70. The molecule has 0 spiro atoms. The Labute approximate surface area is 142 Å². The van der Waals surface area contributed by atoms with Crippen LogP contribution in [0.25, 0.3) is 0 Å². The maximum atomic E-state index is 14.2. The van der Waals surface area contributed by atoms with E-state index in [1.165, 1.54) is 7.05 Å². The molecule has 1 aromatic carbocycles. The van der Waals surface area contributed by atoms with E-state index in [1.54, 1.807) is 18.7 Å². The predicted molar refractivity (Wildman–Crippen MR) is 90.9 cm³/mol. The molecule has 0 aromatic heterocycles. The Morgan fingerprint density at radius 2 is 2.14 bits per heavy atom. The lowest BCUT2D eigenvalue weighted by Gasteiger charge is -2.24. The van der Waals surface area contributed by atoms with E-state index in [-0.39, 0.29) is 21.2 Å². The third-order valence-corrected chi connectivity index (χ3v) is 7.17. The Balaban J connectivity index is 3.26. The van der Waals surface area contributed by atoms with Gasteiger partial charge in [-0.05, 0) is 47.3 Å². The molecule has 0 aliphatic carbocycles. The molecule has 0 fully saturated rings. The van der Waals surface area contributed by atoms with Crippen LogP contribution in [-0.2, 0) is 10.0 Å². The van der Waals surface area contributed by atoms with Crippen molar-refractivity contribution >= 4 is 55.0 Å². The Hall–Kier alpha value is -0.0200. The van der Waals surface area contributed by atoms with E-state index in [9.17, 15) is 12.8 Å². The first-order valence-electron chi connectivity index (χ1n) is 6.04. The molecule has 0 heterocycles. The first kappa shape index (κ1) is 19.0. The minimum absolute atomic E-state index is 0.0534. The van der Waals surface area contributed by atoms with Gasteiger partial charge in [0, 0.05) is 13.1 Å². The average Bonchev–Trinajstić information content (AvgIpc) is 2.45. The molecule has 4 nitrogen and oxygen atoms in total. The van der Waals surface area contributed by atoms with Gasteiger partial charge in [-0.2, -0.15) is 16.1 Å². The number of nitrogens with two attached hydrogens (primary N) is 1. The van der Waals surface area contributed by atoms with E-state index in [1.807, 2.05) is 6.26 Å². The van der Waals surface area contributed by atoms with Crippen LogP contribution in [0.5, 0.6) is 0 Å². The molecule has 0 aliphatic rings. The zero-order valence-electron chi connectivity index (χ0n) is 11.9. The molecular weight excluding hydrogens is 403 g/mol. The molecule has 0 amide bonds. The summed E-state index contributed by atoms with van der Waals surface area (Å²) in [5.74, 6) is -0.178. The van der Waals surface area contributed by atoms with Crippen LogP contribution in [0.1, 0.15) is 13.3 Å². The highest BCUT2D eigenvalue weighted by Crippen LogP contribution is 2.35. The van der Waals surface area contributed by atoms with E-state index in [0.29, 0.717) is 6.42 Å². The van der Waals surface area contributed by atoms with E-state index < -0.39 is 20.7 Å². The molecule has 120 valence electrons. The van der Waals surface area contributed by atoms with E-state index in [0.717, 1.165) is 16.1 Å². The molecule has 1 rings (SSSR count). The van der Waals surface area contributed by atoms with Crippen molar-refractivity contribution in [2.45, 2.75) is 24.3 Å². The van der Waals surface area contributed by atoms with E-state index >= 15 is 0 Å². The van der Waals surface area contributed by atoms with Gasteiger partial charge in [-0.25, -0.2) is 12.8 Å². The third kappa shape index (κ3) is 4.04. The number of hydrogen-bond donors (Lipinski definition) is 1. The number of benzene rings is 1. The number of anilines is 1. The molecule has 0 radical (unpaired) electrons. The summed E-state index contributed by atoms with van der Waals surface area (Å²) in [4.78, 5) is -0.508. The third-order valence-electron chi connectivity index (χ3n) is 3.17. The fourth-order valence-electron chi connectivity index (χ4n) is 1.65. The maximum absolute atomic E-state index is 14.2. The largest absolute Gasteiger partial charge is 0.395 e.